The van der Waals surface area contributed by atoms with Crippen molar-refractivity contribution in [3.05, 3.63) is 4.91 Å². The van der Waals surface area contributed by atoms with Gasteiger partial charge in [0.25, 0.3) is 0 Å². The molecule has 0 radical (unpaired) electrons. The predicted octanol–water partition coefficient (Wildman–Crippen LogP) is -0.861. The standard InChI is InChI=1S/CH4N2O3/c4-1-6-3-2-5/h4H,1H2,(H,3,5). The van der Waals surface area contributed by atoms with Gasteiger partial charge >= 0.3 is 0 Å². The second kappa shape index (κ2) is 4.32. The molecule has 0 heterocycles. The van der Waals surface area contributed by atoms with Crippen molar-refractivity contribution in [1.29, 1.82) is 0 Å². The normalized spacial score (nSPS) is 7.50. The molecule has 0 aromatic carbocycles. The van der Waals surface area contributed by atoms with E-state index < -0.39 is 6.79 Å². The molecule has 0 rings (SSSR count). The Hall–Kier alpha value is -0.680. The highest BCUT2D eigenvalue weighted by Crippen LogP contribution is 1.55. The van der Waals surface area contributed by atoms with E-state index >= 15 is 0 Å². The zero-order valence-electron chi connectivity index (χ0n) is 2.92. The molecule has 0 saturated carbocycles. The minimum atomic E-state index is -0.550. The van der Waals surface area contributed by atoms with E-state index in [-0.39, 0.29) is 0 Å². The van der Waals surface area contributed by atoms with E-state index in [0.717, 1.165) is 0 Å². The van der Waals surface area contributed by atoms with Crippen LogP contribution in [0, 0.1) is 4.91 Å². The maximum Gasteiger partial charge on any atom is 0.172 e. The Labute approximate surface area is 33.8 Å². The van der Waals surface area contributed by atoms with Gasteiger partial charge in [0.2, 0.25) is 0 Å². The van der Waals surface area contributed by atoms with Crippen LogP contribution < -0.4 is 5.59 Å². The average Bonchev–Trinajstić information content (AvgIpc) is 1.61. The molecule has 0 aliphatic heterocycles. The second-order valence-electron chi connectivity index (χ2n) is 0.456. The third-order valence-electron chi connectivity index (χ3n) is 0.166. The van der Waals surface area contributed by atoms with Crippen molar-refractivity contribution in [2.24, 2.45) is 5.29 Å². The molecule has 0 unspecified atom stereocenters. The molecule has 0 aliphatic rings. The fourth-order valence-electron chi connectivity index (χ4n) is 0.0552. The van der Waals surface area contributed by atoms with Gasteiger partial charge in [0, 0.05) is 0 Å². The van der Waals surface area contributed by atoms with Crippen LogP contribution in [-0.2, 0) is 4.84 Å². The fourth-order valence-corrected chi connectivity index (χ4v) is 0.0552. The molecule has 6 heavy (non-hydrogen) atoms. The van der Waals surface area contributed by atoms with E-state index in [1.165, 1.54) is 5.59 Å². The van der Waals surface area contributed by atoms with Crippen LogP contribution in [0.25, 0.3) is 0 Å². The first-order valence-corrected chi connectivity index (χ1v) is 1.22. The van der Waals surface area contributed by atoms with Gasteiger partial charge in [-0.05, 0) is 0 Å². The van der Waals surface area contributed by atoms with Crippen molar-refractivity contribution >= 4 is 0 Å². The lowest BCUT2D eigenvalue weighted by Gasteiger charge is -1.86. The SMILES string of the molecule is O=NNOCO. The van der Waals surface area contributed by atoms with Crippen LogP contribution in [0.2, 0.25) is 0 Å². The van der Waals surface area contributed by atoms with Crippen LogP contribution in [0.15, 0.2) is 5.29 Å². The summed E-state index contributed by atoms with van der Waals surface area (Å²) in [5.74, 6) is 0. The molecule has 0 spiro atoms. The van der Waals surface area contributed by atoms with Crippen molar-refractivity contribution < 1.29 is 9.94 Å². The number of aliphatic hydroxyl groups excluding tert-OH is 1. The van der Waals surface area contributed by atoms with Gasteiger partial charge in [0.05, 0.1) is 5.29 Å². The Bertz CT molecular complexity index is 37.8. The van der Waals surface area contributed by atoms with E-state index in [4.69, 9.17) is 10.0 Å². The third-order valence-corrected chi connectivity index (χ3v) is 0.166. The lowest BCUT2D eigenvalue weighted by atomic mass is 11.5. The molecule has 0 fully saturated rings. The number of rotatable bonds is 3. The maximum absolute atomic E-state index is 8.97. The zero-order chi connectivity index (χ0) is 4.83. The number of hydrogen-bond donors (Lipinski definition) is 2. The van der Waals surface area contributed by atoms with E-state index in [1.54, 1.807) is 0 Å². The van der Waals surface area contributed by atoms with Gasteiger partial charge in [-0.15, -0.1) is 10.5 Å². The average molecular weight is 92.1 g/mol. The molecule has 5 heteroatoms. The lowest BCUT2D eigenvalue weighted by Crippen LogP contribution is -2.05. The fraction of sp³-hybridized carbons (Fsp3) is 1.00. The van der Waals surface area contributed by atoms with Crippen LogP contribution in [0.4, 0.5) is 0 Å². The molecule has 0 atom stereocenters. The molecule has 0 aromatic rings. The molecule has 2 N–H and O–H groups in total. The molecule has 36 valence electrons. The van der Waals surface area contributed by atoms with Crippen molar-refractivity contribution in [3.63, 3.8) is 0 Å². The van der Waals surface area contributed by atoms with Gasteiger partial charge in [-0.3, -0.25) is 0 Å². The van der Waals surface area contributed by atoms with Gasteiger partial charge in [0.15, 0.2) is 6.79 Å². The zero-order valence-corrected chi connectivity index (χ0v) is 2.92. The number of hydrogen-bond acceptors (Lipinski definition) is 4. The molecule has 0 aromatic heterocycles. The van der Waals surface area contributed by atoms with Gasteiger partial charge < -0.3 is 5.11 Å². The first kappa shape index (κ1) is 5.32. The van der Waals surface area contributed by atoms with Crippen LogP contribution in [0.3, 0.4) is 0 Å². The highest BCUT2D eigenvalue weighted by Gasteiger charge is 1.68. The van der Waals surface area contributed by atoms with Crippen molar-refractivity contribution in [2.75, 3.05) is 6.79 Å². The summed E-state index contributed by atoms with van der Waals surface area (Å²) in [6.07, 6.45) is 0. The minimum Gasteiger partial charge on any atom is -0.368 e. The monoisotopic (exact) mass is 92.0 g/mol. The third kappa shape index (κ3) is 3.32. The number of nitroso groups, excluding NO2 is 1. The molecule has 0 amide bonds. The van der Waals surface area contributed by atoms with Gasteiger partial charge in [0.1, 0.15) is 0 Å². The van der Waals surface area contributed by atoms with Crippen molar-refractivity contribution in [1.82, 2.24) is 5.59 Å². The largest absolute Gasteiger partial charge is 0.368 e. The molecule has 0 aliphatic carbocycles. The Morgan fingerprint density at radius 1 is 2.00 bits per heavy atom. The summed E-state index contributed by atoms with van der Waals surface area (Å²) >= 11 is 0. The molecular weight excluding hydrogens is 88.0 g/mol. The van der Waals surface area contributed by atoms with Gasteiger partial charge in [-0.2, -0.15) is 0 Å². The quantitative estimate of drug-likeness (QED) is 0.205. The predicted molar refractivity (Wildman–Crippen MR) is 17.1 cm³/mol. The summed E-state index contributed by atoms with van der Waals surface area (Å²) in [5.41, 5.74) is 1.52. The van der Waals surface area contributed by atoms with Gasteiger partial charge in [-0.25, -0.2) is 4.84 Å². The van der Waals surface area contributed by atoms with Crippen LogP contribution in [0.5, 0.6) is 0 Å². The molecule has 0 bridgehead atoms. The number of nitrogens with zero attached hydrogens (tertiary/aromatic N) is 1. The van der Waals surface area contributed by atoms with Crippen LogP contribution in [0.1, 0.15) is 0 Å². The second-order valence-corrected chi connectivity index (χ2v) is 0.456. The summed E-state index contributed by atoms with van der Waals surface area (Å²) < 4.78 is 0. The van der Waals surface area contributed by atoms with E-state index in [1.807, 2.05) is 5.29 Å². The first-order valence-electron chi connectivity index (χ1n) is 1.22. The summed E-state index contributed by atoms with van der Waals surface area (Å²) in [6.45, 7) is -0.550. The van der Waals surface area contributed by atoms with Crippen molar-refractivity contribution in [3.8, 4) is 0 Å². The van der Waals surface area contributed by atoms with E-state index in [2.05, 4.69) is 4.84 Å². The Kier molecular flexibility index (Phi) is 3.83. The van der Waals surface area contributed by atoms with Crippen molar-refractivity contribution in [2.45, 2.75) is 0 Å². The smallest absolute Gasteiger partial charge is 0.172 e. The minimum absolute atomic E-state index is 0.550. The molecule has 0 saturated heterocycles. The summed E-state index contributed by atoms with van der Waals surface area (Å²) in [4.78, 5) is 12.8. The summed E-state index contributed by atoms with van der Waals surface area (Å²) in [6, 6.07) is 0. The van der Waals surface area contributed by atoms with E-state index in [9.17, 15) is 0 Å². The molecular formula is CH4N2O3. The Morgan fingerprint density at radius 3 is 2.83 bits per heavy atom. The maximum atomic E-state index is 8.97. The van der Waals surface area contributed by atoms with E-state index in [0.29, 0.717) is 0 Å². The highest BCUT2D eigenvalue weighted by molar-refractivity contribution is 4.00. The molecule has 5 nitrogen and oxygen atoms in total. The number of aliphatic hydroxyl groups is 1. The summed E-state index contributed by atoms with van der Waals surface area (Å²) in [7, 11) is 0. The van der Waals surface area contributed by atoms with Crippen LogP contribution >= 0.6 is 0 Å². The topological polar surface area (TPSA) is 70.9 Å². The summed E-state index contributed by atoms with van der Waals surface area (Å²) in [5, 5.41) is 9.76. The Morgan fingerprint density at radius 2 is 2.67 bits per heavy atom. The van der Waals surface area contributed by atoms with Gasteiger partial charge in [-0.1, -0.05) is 0 Å². The Balaban J connectivity index is 2.49. The lowest BCUT2D eigenvalue weighted by molar-refractivity contribution is -0.0608. The highest BCUT2D eigenvalue weighted by atomic mass is 16.7. The van der Waals surface area contributed by atoms with Crippen LogP contribution in [-0.4, -0.2) is 11.9 Å². The number of nitrogens with one attached hydrogen (secondary N) is 1. The first-order chi connectivity index (χ1) is 2.91.